The first-order valence-electron chi connectivity index (χ1n) is 14.3. The van der Waals surface area contributed by atoms with Crippen molar-refractivity contribution in [2.24, 2.45) is 0 Å². The van der Waals surface area contributed by atoms with Crippen LogP contribution in [0.5, 0.6) is 0 Å². The van der Waals surface area contributed by atoms with Crippen LogP contribution >= 0.6 is 63.7 Å². The molecule has 3 aromatic rings. The van der Waals surface area contributed by atoms with Gasteiger partial charge >= 0.3 is 14.2 Å². The van der Waals surface area contributed by atoms with Crippen LogP contribution in [-0.4, -0.2) is 45.0 Å². The highest BCUT2D eigenvalue weighted by Gasteiger charge is 2.42. The van der Waals surface area contributed by atoms with E-state index in [1.165, 1.54) is 109 Å². The van der Waals surface area contributed by atoms with Gasteiger partial charge in [0.1, 0.15) is 0 Å². The highest BCUT2D eigenvalue weighted by atomic mass is 79.9. The van der Waals surface area contributed by atoms with Crippen molar-refractivity contribution in [3.8, 4) is 11.1 Å². The average molecular weight is 816 g/mol. The quantitative estimate of drug-likeness (QED) is 0.0789. The van der Waals surface area contributed by atoms with Crippen LogP contribution in [-0.2, 0) is 5.41 Å². The third-order valence-electron chi connectivity index (χ3n) is 7.79. The minimum atomic E-state index is -1.52. The molecule has 3 aromatic carbocycles. The molecule has 4 rings (SSSR count). The average Bonchev–Trinajstić information content (AvgIpc) is 3.21. The molecule has 1 aliphatic carbocycles. The predicted octanol–water partition coefficient (Wildman–Crippen LogP) is 7.22. The summed E-state index contributed by atoms with van der Waals surface area (Å²) in [6, 6.07) is 19.5. The van der Waals surface area contributed by atoms with Crippen molar-refractivity contribution in [3.63, 3.8) is 0 Å². The summed E-state index contributed by atoms with van der Waals surface area (Å²) in [7, 11) is -3.04. The SMILES string of the molecule is BrCCCCCCC1(CCCCCCBr)c2cc(Br)ccc2-c2ccc(Br)cc21.OB(O)c1ccc(B(O)O)cc1. The predicted molar refractivity (Wildman–Crippen MR) is 188 cm³/mol. The van der Waals surface area contributed by atoms with Crippen molar-refractivity contribution in [1.29, 1.82) is 0 Å². The standard InChI is InChI=1S/C25H30Br4.C6H8B2O4/c26-15-7-3-1-5-13-25(14-6-2-4-8-16-27)23-17-19(28)9-11-21(23)22-12-10-20(29)18-24(22)25;9-7(10)5-1-2-6(4-3-5)8(11)12/h9-12,17-18H,1-8,13-16H2;1-4,9-12H. The van der Waals surface area contributed by atoms with Gasteiger partial charge in [-0.1, -0.05) is 139 Å². The van der Waals surface area contributed by atoms with Gasteiger partial charge in [0.15, 0.2) is 0 Å². The lowest BCUT2D eigenvalue weighted by Gasteiger charge is -2.33. The topological polar surface area (TPSA) is 80.9 Å². The van der Waals surface area contributed by atoms with Crippen LogP contribution in [0.3, 0.4) is 0 Å². The number of alkyl halides is 2. The van der Waals surface area contributed by atoms with Gasteiger partial charge in [-0.15, -0.1) is 0 Å². The van der Waals surface area contributed by atoms with Crippen LogP contribution in [0.4, 0.5) is 0 Å². The summed E-state index contributed by atoms with van der Waals surface area (Å²) in [4.78, 5) is 0. The van der Waals surface area contributed by atoms with Crippen molar-refractivity contribution >= 4 is 88.9 Å². The Labute approximate surface area is 279 Å². The van der Waals surface area contributed by atoms with E-state index in [1.807, 2.05) is 0 Å². The van der Waals surface area contributed by atoms with Gasteiger partial charge in [-0.25, -0.2) is 0 Å². The zero-order valence-electron chi connectivity index (χ0n) is 23.2. The summed E-state index contributed by atoms with van der Waals surface area (Å²) in [6.07, 6.45) is 13.0. The molecule has 1 aliphatic rings. The summed E-state index contributed by atoms with van der Waals surface area (Å²) < 4.78 is 2.40. The number of rotatable bonds is 14. The van der Waals surface area contributed by atoms with E-state index >= 15 is 0 Å². The Balaban J connectivity index is 0.000000322. The Morgan fingerprint density at radius 2 is 0.878 bits per heavy atom. The van der Waals surface area contributed by atoms with E-state index in [0.717, 1.165) is 10.7 Å². The van der Waals surface area contributed by atoms with E-state index in [9.17, 15) is 0 Å². The second kappa shape index (κ2) is 17.7. The monoisotopic (exact) mass is 812 g/mol. The van der Waals surface area contributed by atoms with Gasteiger partial charge in [0.2, 0.25) is 0 Å². The van der Waals surface area contributed by atoms with Crippen LogP contribution in [0.2, 0.25) is 0 Å². The normalized spacial score (nSPS) is 12.8. The van der Waals surface area contributed by atoms with Gasteiger partial charge in [-0.2, -0.15) is 0 Å². The smallest absolute Gasteiger partial charge is 0.423 e. The zero-order valence-corrected chi connectivity index (χ0v) is 29.6. The molecule has 0 aliphatic heterocycles. The van der Waals surface area contributed by atoms with E-state index in [2.05, 4.69) is 100 Å². The summed E-state index contributed by atoms with van der Waals surface area (Å²) in [5.41, 5.74) is 6.76. The summed E-state index contributed by atoms with van der Waals surface area (Å²) in [5, 5.41) is 37.0. The van der Waals surface area contributed by atoms with Gasteiger partial charge < -0.3 is 20.1 Å². The van der Waals surface area contributed by atoms with Crippen LogP contribution in [0.15, 0.2) is 69.6 Å². The van der Waals surface area contributed by atoms with Gasteiger partial charge in [0.05, 0.1) is 0 Å². The molecular formula is C31H38B2Br4O4. The van der Waals surface area contributed by atoms with Crippen molar-refractivity contribution in [2.45, 2.75) is 69.6 Å². The van der Waals surface area contributed by atoms with E-state index in [1.54, 1.807) is 11.1 Å². The van der Waals surface area contributed by atoms with E-state index < -0.39 is 14.2 Å². The van der Waals surface area contributed by atoms with Crippen molar-refractivity contribution in [2.75, 3.05) is 10.7 Å². The first-order valence-corrected chi connectivity index (χ1v) is 18.1. The first kappa shape index (κ1) is 35.0. The lowest BCUT2D eigenvalue weighted by Crippen LogP contribution is -2.34. The Morgan fingerprint density at radius 3 is 1.22 bits per heavy atom. The minimum absolute atomic E-state index is 0.154. The third-order valence-corrected chi connectivity index (χ3v) is 9.90. The number of hydrogen-bond acceptors (Lipinski definition) is 4. The molecule has 0 spiro atoms. The number of fused-ring (bicyclic) bond motifs is 3. The fourth-order valence-corrected chi connectivity index (χ4v) is 7.21. The van der Waals surface area contributed by atoms with Crippen molar-refractivity contribution in [1.82, 2.24) is 0 Å². The molecule has 0 atom stereocenters. The molecule has 0 saturated carbocycles. The maximum atomic E-state index is 8.68. The Kier molecular flexibility index (Phi) is 15.2. The molecule has 41 heavy (non-hydrogen) atoms. The molecule has 0 aromatic heterocycles. The zero-order chi connectivity index (χ0) is 29.8. The fraction of sp³-hybridized carbons (Fsp3) is 0.419. The Morgan fingerprint density at radius 1 is 0.512 bits per heavy atom. The molecule has 0 radical (unpaired) electrons. The molecule has 0 heterocycles. The Hall–Kier alpha value is -0.450. The molecule has 0 unspecified atom stereocenters. The number of hydrogen-bond donors (Lipinski definition) is 4. The Bertz CT molecular complexity index is 1130. The lowest BCUT2D eigenvalue weighted by molar-refractivity contribution is 0.401. The molecule has 0 amide bonds. The third kappa shape index (κ3) is 9.77. The highest BCUT2D eigenvalue weighted by molar-refractivity contribution is 9.11. The van der Waals surface area contributed by atoms with Gasteiger partial charge in [-0.05, 0) is 83.1 Å². The van der Waals surface area contributed by atoms with Gasteiger partial charge in [-0.3, -0.25) is 0 Å². The molecular weight excluding hydrogens is 778 g/mol. The minimum Gasteiger partial charge on any atom is -0.423 e. The first-order chi connectivity index (χ1) is 19.7. The second-order valence-corrected chi connectivity index (χ2v) is 14.0. The van der Waals surface area contributed by atoms with Gasteiger partial charge in [0, 0.05) is 25.0 Å². The summed E-state index contributed by atoms with van der Waals surface area (Å²) >= 11 is 14.7. The molecule has 0 saturated heterocycles. The van der Waals surface area contributed by atoms with E-state index in [4.69, 9.17) is 20.1 Å². The second-order valence-electron chi connectivity index (χ2n) is 10.6. The molecule has 0 fully saturated rings. The maximum absolute atomic E-state index is 8.68. The summed E-state index contributed by atoms with van der Waals surface area (Å²) in [5.74, 6) is 0. The highest BCUT2D eigenvalue weighted by Crippen LogP contribution is 2.55. The van der Waals surface area contributed by atoms with E-state index in [0.29, 0.717) is 10.9 Å². The number of benzene rings is 3. The molecule has 220 valence electrons. The largest absolute Gasteiger partial charge is 0.488 e. The number of unbranched alkanes of at least 4 members (excludes halogenated alkanes) is 6. The lowest BCUT2D eigenvalue weighted by atomic mass is 9.70. The summed E-state index contributed by atoms with van der Waals surface area (Å²) in [6.45, 7) is 0. The van der Waals surface area contributed by atoms with E-state index in [-0.39, 0.29) is 5.41 Å². The maximum Gasteiger partial charge on any atom is 0.488 e. The fourth-order valence-electron chi connectivity index (χ4n) is 5.69. The van der Waals surface area contributed by atoms with Crippen LogP contribution < -0.4 is 10.9 Å². The molecule has 4 nitrogen and oxygen atoms in total. The van der Waals surface area contributed by atoms with Gasteiger partial charge in [0.25, 0.3) is 0 Å². The number of halogens is 4. The van der Waals surface area contributed by atoms with Crippen LogP contribution in [0.1, 0.15) is 75.3 Å². The van der Waals surface area contributed by atoms with Crippen molar-refractivity contribution < 1.29 is 20.1 Å². The van der Waals surface area contributed by atoms with Crippen LogP contribution in [0, 0.1) is 0 Å². The van der Waals surface area contributed by atoms with Crippen molar-refractivity contribution in [3.05, 3.63) is 80.7 Å². The molecule has 4 N–H and O–H groups in total. The molecule has 10 heteroatoms. The molecule has 0 bridgehead atoms. The van der Waals surface area contributed by atoms with Crippen LogP contribution in [0.25, 0.3) is 11.1 Å².